The molecule has 49 heavy (non-hydrogen) atoms. The van der Waals surface area contributed by atoms with Gasteiger partial charge in [-0.05, 0) is 0 Å². The van der Waals surface area contributed by atoms with E-state index in [9.17, 15) is 0 Å². The van der Waals surface area contributed by atoms with Gasteiger partial charge in [0.05, 0.1) is 0 Å². The minimum atomic E-state index is -2.20. The topological polar surface area (TPSA) is 0 Å². The van der Waals surface area contributed by atoms with Crippen LogP contribution in [0.25, 0.3) is 0 Å². The van der Waals surface area contributed by atoms with Crippen LogP contribution in [0.4, 0.5) is 0 Å². The molecule has 0 atom stereocenters. The maximum absolute atomic E-state index is 2.47. The van der Waals surface area contributed by atoms with Crippen LogP contribution in [-0.4, -0.2) is 12.3 Å². The normalized spacial score (nSPS) is 14.7. The van der Waals surface area contributed by atoms with Gasteiger partial charge in [0.2, 0.25) is 0 Å². The third kappa shape index (κ3) is 9.17. The summed E-state index contributed by atoms with van der Waals surface area (Å²) in [5.41, 5.74) is 0. The predicted octanol–water partition coefficient (Wildman–Crippen LogP) is 11.8. The summed E-state index contributed by atoms with van der Waals surface area (Å²) in [6.45, 7) is 4.28. The van der Waals surface area contributed by atoms with Gasteiger partial charge in [0.15, 0.2) is 0 Å². The first-order chi connectivity index (χ1) is 24.3. The monoisotopic (exact) mass is 684 g/mol. The molecule has 0 bridgehead atoms. The van der Waals surface area contributed by atoms with Crippen molar-refractivity contribution in [3.05, 3.63) is 181 Å². The molecule has 0 nitrogen and oxygen atoms in total. The van der Waals surface area contributed by atoms with Gasteiger partial charge in [-0.3, -0.25) is 0 Å². The summed E-state index contributed by atoms with van der Waals surface area (Å²) >= 11 is 0. The van der Waals surface area contributed by atoms with E-state index in [0.717, 1.165) is 0 Å². The van der Waals surface area contributed by atoms with Crippen molar-refractivity contribution in [1.82, 2.24) is 0 Å². The molecule has 0 amide bonds. The van der Waals surface area contributed by atoms with Gasteiger partial charge in [0, 0.05) is 0 Å². The fourth-order valence-electron chi connectivity index (χ4n) is 8.15. The molecule has 0 aliphatic heterocycles. The summed E-state index contributed by atoms with van der Waals surface area (Å²) in [5.74, 6) is 0. The molecule has 4 aromatic carbocycles. The molecule has 0 N–H and O–H groups in total. The first-order valence-corrected chi connectivity index (χ1v) is 23.2. The Morgan fingerprint density at radius 3 is 1.47 bits per heavy atom. The van der Waals surface area contributed by atoms with Crippen molar-refractivity contribution in [2.75, 3.05) is 12.3 Å². The summed E-state index contributed by atoms with van der Waals surface area (Å²) in [5, 5.41) is 9.39. The van der Waals surface area contributed by atoms with E-state index in [1.807, 2.05) is 0 Å². The molecule has 0 heterocycles. The number of benzene rings is 4. The molecule has 1 aliphatic carbocycles. The molecule has 0 saturated carbocycles. The van der Waals surface area contributed by atoms with Crippen LogP contribution in [0.1, 0.15) is 71.6 Å². The molecule has 0 unspecified atom stereocenters. The third-order valence-electron chi connectivity index (χ3n) is 10.5. The summed E-state index contributed by atoms with van der Waals surface area (Å²) in [6, 6.07) is 45.9. The van der Waals surface area contributed by atoms with Crippen LogP contribution in [0.3, 0.4) is 0 Å². The molecule has 1 aliphatic rings. The molecule has 0 aromatic heterocycles. The zero-order valence-corrected chi connectivity index (χ0v) is 31.9. The van der Waals surface area contributed by atoms with Crippen LogP contribution in [0.15, 0.2) is 181 Å². The van der Waals surface area contributed by atoms with Crippen LogP contribution >= 0.6 is 14.5 Å². The Hall–Kier alpha value is -3.56. The van der Waals surface area contributed by atoms with Gasteiger partial charge >= 0.3 is 300 Å². The van der Waals surface area contributed by atoms with Gasteiger partial charge < -0.3 is 0 Å². The average Bonchev–Trinajstić information content (AvgIpc) is 3.18. The van der Waals surface area contributed by atoms with Gasteiger partial charge in [-0.15, -0.1) is 0 Å². The van der Waals surface area contributed by atoms with Crippen LogP contribution < -0.4 is 21.2 Å². The van der Waals surface area contributed by atoms with E-state index >= 15 is 0 Å². The summed E-state index contributed by atoms with van der Waals surface area (Å²) in [4.78, 5) is 0. The van der Waals surface area contributed by atoms with E-state index in [1.54, 1.807) is 15.9 Å². The van der Waals surface area contributed by atoms with E-state index in [2.05, 4.69) is 184 Å². The Balaban J connectivity index is 1.24. The zero-order valence-electron chi connectivity index (χ0n) is 29.9. The van der Waals surface area contributed by atoms with Gasteiger partial charge in [-0.25, -0.2) is 0 Å². The van der Waals surface area contributed by atoms with Crippen LogP contribution in [0.5, 0.6) is 0 Å². The second-order valence-corrected chi connectivity index (χ2v) is 21.7. The molecule has 4 aromatic rings. The summed E-state index contributed by atoms with van der Waals surface area (Å²) in [6.07, 6.45) is 32.6. The summed E-state index contributed by atoms with van der Waals surface area (Å²) < 4.78 is 0. The molecule has 0 spiro atoms. The van der Waals surface area contributed by atoms with Gasteiger partial charge in [0.1, 0.15) is 0 Å². The number of rotatable bonds is 18. The first kappa shape index (κ1) is 36.7. The van der Waals surface area contributed by atoms with Gasteiger partial charge in [-0.2, -0.15) is 0 Å². The zero-order chi connectivity index (χ0) is 34.0. The third-order valence-corrected chi connectivity index (χ3v) is 20.9. The van der Waals surface area contributed by atoms with E-state index < -0.39 is 14.5 Å². The van der Waals surface area contributed by atoms with E-state index in [0.29, 0.717) is 0 Å². The predicted molar refractivity (Wildman–Crippen MR) is 227 cm³/mol. The molecule has 0 fully saturated rings. The standard InChI is InChI=1S/C47H58P2/c1-3-5-29-42(28-4-2)48(43-30-16-11-17-31-43,44-32-18-12-19-33-44)40-26-9-7-6-8-10-27-41-49(45-34-20-13-21-35-45,46-36-22-14-23-37-46)47-38-24-15-25-39-47/h3-5,11-24,28-38,48-49H,6-10,25-27,39-41H2,1-2H3/b5-3-,28-4-,42-29+. The van der Waals surface area contributed by atoms with Crippen LogP contribution in [0, 0.1) is 0 Å². The first-order valence-electron chi connectivity index (χ1n) is 18.8. The Labute approximate surface area is 299 Å². The Morgan fingerprint density at radius 1 is 0.551 bits per heavy atom. The van der Waals surface area contributed by atoms with Crippen molar-refractivity contribution in [3.63, 3.8) is 0 Å². The van der Waals surface area contributed by atoms with Crippen molar-refractivity contribution in [3.8, 4) is 0 Å². The van der Waals surface area contributed by atoms with Gasteiger partial charge in [0.25, 0.3) is 0 Å². The second kappa shape index (κ2) is 19.6. The Morgan fingerprint density at radius 2 is 1.02 bits per heavy atom. The minimum absolute atomic E-state index is 1.17. The molecule has 5 rings (SSSR count). The van der Waals surface area contributed by atoms with Gasteiger partial charge in [-0.1, -0.05) is 0 Å². The molecule has 0 saturated heterocycles. The molecular formula is C47H58P2. The number of hydrogen-bond donors (Lipinski definition) is 0. The molecule has 2 heteroatoms. The Bertz CT molecular complexity index is 1600. The average molecular weight is 685 g/mol. The van der Waals surface area contributed by atoms with Crippen LogP contribution in [0.2, 0.25) is 0 Å². The van der Waals surface area contributed by atoms with Crippen molar-refractivity contribution >= 4 is 35.7 Å². The molecular weight excluding hydrogens is 626 g/mol. The second-order valence-electron chi connectivity index (χ2n) is 13.6. The van der Waals surface area contributed by atoms with Crippen molar-refractivity contribution < 1.29 is 0 Å². The van der Waals surface area contributed by atoms with E-state index in [4.69, 9.17) is 0 Å². The number of hydrogen-bond acceptors (Lipinski definition) is 0. The molecule has 256 valence electrons. The summed E-state index contributed by atoms with van der Waals surface area (Å²) in [7, 11) is -4.24. The van der Waals surface area contributed by atoms with E-state index in [-0.39, 0.29) is 0 Å². The van der Waals surface area contributed by atoms with Crippen molar-refractivity contribution in [2.45, 2.75) is 71.6 Å². The molecule has 0 radical (unpaired) electrons. The fourth-order valence-corrected chi connectivity index (χ4v) is 18.4. The van der Waals surface area contributed by atoms with Crippen molar-refractivity contribution in [2.24, 2.45) is 0 Å². The van der Waals surface area contributed by atoms with Crippen LogP contribution in [-0.2, 0) is 0 Å². The van der Waals surface area contributed by atoms with Crippen molar-refractivity contribution in [1.29, 1.82) is 0 Å². The number of unbranched alkanes of at least 4 members (excludes halogenated alkanes) is 6. The van der Waals surface area contributed by atoms with E-state index in [1.165, 1.54) is 86.0 Å². The SMILES string of the molecule is C\C=C/C=C(\C=C/C)[PH](CCCCCCCCC[PH](C1=CC=CCC1)(c1ccccc1)c1ccccc1)(c1ccccc1)c1ccccc1. The maximum atomic E-state index is 2.47. The fraction of sp³-hybridized carbons (Fsp3) is 0.277. The quantitative estimate of drug-likeness (QED) is 0.0556. The Kier molecular flexibility index (Phi) is 14.7. The number of allylic oxidation sites excluding steroid dienone is 10.